The molecule has 22 heavy (non-hydrogen) atoms. The average Bonchev–Trinajstić information content (AvgIpc) is 2.33. The maximum absolute atomic E-state index is 6.89. The number of hydrogen-bond acceptors (Lipinski definition) is 2. The van der Waals surface area contributed by atoms with Gasteiger partial charge in [0.05, 0.1) is 5.28 Å². The third-order valence-electron chi connectivity index (χ3n) is 4.13. The van der Waals surface area contributed by atoms with E-state index in [1.54, 1.807) is 0 Å². The maximum Gasteiger partial charge on any atom is 0.0601 e. The highest BCUT2D eigenvalue weighted by Crippen LogP contribution is 2.58. The van der Waals surface area contributed by atoms with Crippen molar-refractivity contribution >= 4 is 16.0 Å². The van der Waals surface area contributed by atoms with Crippen molar-refractivity contribution in [1.82, 2.24) is 5.09 Å². The molecule has 1 aliphatic carbocycles. The monoisotopic (exact) mass is 342 g/mol. The molecule has 1 aliphatic rings. The first-order valence-corrected chi connectivity index (χ1v) is 11.5. The minimum absolute atomic E-state index is 0.163. The highest BCUT2D eigenvalue weighted by molar-refractivity contribution is 7.61. The molecule has 0 aromatic heterocycles. The minimum Gasteiger partial charge on any atom is -0.367 e. The van der Waals surface area contributed by atoms with E-state index in [0.717, 1.165) is 6.42 Å². The molecule has 1 rings (SSSR count). The Hall–Kier alpha value is 0.100. The summed E-state index contributed by atoms with van der Waals surface area (Å²) in [5, 5.41) is 3.68. The third-order valence-corrected chi connectivity index (χ3v) is 10.4. The molecule has 0 saturated carbocycles. The van der Waals surface area contributed by atoms with Crippen LogP contribution in [-0.2, 0) is 0 Å². The summed E-state index contributed by atoms with van der Waals surface area (Å²) >= 11 is 0. The van der Waals surface area contributed by atoms with Gasteiger partial charge in [0, 0.05) is 12.1 Å². The van der Waals surface area contributed by atoms with E-state index >= 15 is 0 Å². The summed E-state index contributed by atoms with van der Waals surface area (Å²) in [4.78, 5) is 0. The molecule has 1 atom stereocenters. The molecule has 128 valence electrons. The second-order valence-corrected chi connectivity index (χ2v) is 14.3. The van der Waals surface area contributed by atoms with Gasteiger partial charge in [-0.1, -0.05) is 75.5 Å². The van der Waals surface area contributed by atoms with Gasteiger partial charge >= 0.3 is 0 Å². The zero-order valence-electron chi connectivity index (χ0n) is 15.7. The summed E-state index contributed by atoms with van der Waals surface area (Å²) in [6.07, 6.45) is 7.64. The van der Waals surface area contributed by atoms with Gasteiger partial charge in [0.15, 0.2) is 0 Å². The zero-order valence-corrected chi connectivity index (χ0v) is 17.5. The standard InChI is InChI=1S/C18H36N2P2/c1-13(2)21(14(3)4)18(19)11-9-10-17(12-18)20-22(15(5)6)16(7)8/h9-11,13-16,20H,12,19H2,1-8H3. The van der Waals surface area contributed by atoms with Crippen LogP contribution in [0.2, 0.25) is 0 Å². The van der Waals surface area contributed by atoms with Gasteiger partial charge in [-0.2, -0.15) is 0 Å². The second kappa shape index (κ2) is 8.27. The fraction of sp³-hybridized carbons (Fsp3) is 0.778. The van der Waals surface area contributed by atoms with Crippen LogP contribution in [0.5, 0.6) is 0 Å². The van der Waals surface area contributed by atoms with Gasteiger partial charge in [-0.25, -0.2) is 0 Å². The van der Waals surface area contributed by atoms with Gasteiger partial charge in [-0.05, 0) is 36.8 Å². The van der Waals surface area contributed by atoms with Gasteiger partial charge in [0.1, 0.15) is 0 Å². The van der Waals surface area contributed by atoms with E-state index < -0.39 is 0 Å². The van der Waals surface area contributed by atoms with Gasteiger partial charge < -0.3 is 10.8 Å². The van der Waals surface area contributed by atoms with Crippen molar-refractivity contribution in [2.45, 2.75) is 89.7 Å². The first-order chi connectivity index (χ1) is 10.1. The molecule has 0 bridgehead atoms. The summed E-state index contributed by atoms with van der Waals surface area (Å²) in [5.74, 6) is 0. The Kier molecular flexibility index (Phi) is 7.58. The number of nitrogens with one attached hydrogen (secondary N) is 1. The van der Waals surface area contributed by atoms with Crippen molar-refractivity contribution in [2.24, 2.45) is 5.73 Å². The van der Waals surface area contributed by atoms with Crippen molar-refractivity contribution in [3.05, 3.63) is 23.9 Å². The van der Waals surface area contributed by atoms with E-state index in [4.69, 9.17) is 5.73 Å². The van der Waals surface area contributed by atoms with E-state index in [2.05, 4.69) is 78.7 Å². The van der Waals surface area contributed by atoms with Crippen LogP contribution in [0.3, 0.4) is 0 Å². The van der Waals surface area contributed by atoms with E-state index in [1.165, 1.54) is 5.70 Å². The van der Waals surface area contributed by atoms with Crippen molar-refractivity contribution in [3.63, 3.8) is 0 Å². The Morgan fingerprint density at radius 3 is 1.86 bits per heavy atom. The first kappa shape index (κ1) is 20.1. The summed E-state index contributed by atoms with van der Waals surface area (Å²) in [7, 11) is -0.437. The van der Waals surface area contributed by atoms with Gasteiger partial charge in [-0.15, -0.1) is 0 Å². The molecule has 1 unspecified atom stereocenters. The molecule has 0 amide bonds. The summed E-state index contributed by atoms with van der Waals surface area (Å²) < 4.78 is 0. The molecule has 0 heterocycles. The van der Waals surface area contributed by atoms with Crippen LogP contribution < -0.4 is 10.8 Å². The van der Waals surface area contributed by atoms with Crippen molar-refractivity contribution in [3.8, 4) is 0 Å². The van der Waals surface area contributed by atoms with E-state index in [-0.39, 0.29) is 21.3 Å². The van der Waals surface area contributed by atoms with E-state index in [0.29, 0.717) is 22.6 Å². The highest BCUT2D eigenvalue weighted by Gasteiger charge is 2.38. The Morgan fingerprint density at radius 2 is 1.45 bits per heavy atom. The fourth-order valence-corrected chi connectivity index (χ4v) is 9.51. The molecule has 0 aliphatic heterocycles. The number of hydrogen-bond donors (Lipinski definition) is 2. The molecule has 0 fully saturated rings. The van der Waals surface area contributed by atoms with Crippen LogP contribution in [0, 0.1) is 0 Å². The predicted octanol–water partition coefficient (Wildman–Crippen LogP) is 5.59. The normalized spacial score (nSPS) is 22.6. The molecule has 2 nitrogen and oxygen atoms in total. The van der Waals surface area contributed by atoms with Crippen LogP contribution in [0.25, 0.3) is 0 Å². The quantitative estimate of drug-likeness (QED) is 0.592. The van der Waals surface area contributed by atoms with Crippen molar-refractivity contribution in [2.75, 3.05) is 0 Å². The molecule has 3 N–H and O–H groups in total. The molecule has 0 radical (unpaired) electrons. The lowest BCUT2D eigenvalue weighted by Crippen LogP contribution is -2.42. The van der Waals surface area contributed by atoms with Crippen molar-refractivity contribution < 1.29 is 0 Å². The molecular weight excluding hydrogens is 306 g/mol. The zero-order chi connectivity index (χ0) is 17.1. The lowest BCUT2D eigenvalue weighted by molar-refractivity contribution is 0.678. The van der Waals surface area contributed by atoms with Gasteiger partial charge in [-0.3, -0.25) is 0 Å². The Bertz CT molecular complexity index is 397. The van der Waals surface area contributed by atoms with E-state index in [9.17, 15) is 0 Å². The lowest BCUT2D eigenvalue weighted by Gasteiger charge is -2.43. The third kappa shape index (κ3) is 5.05. The van der Waals surface area contributed by atoms with E-state index in [1.807, 2.05) is 0 Å². The molecular formula is C18H36N2P2. The van der Waals surface area contributed by atoms with Crippen LogP contribution in [0.1, 0.15) is 61.8 Å². The first-order valence-electron chi connectivity index (χ1n) is 8.59. The highest BCUT2D eigenvalue weighted by atomic mass is 31.1. The molecule has 4 heteroatoms. The molecule has 0 spiro atoms. The van der Waals surface area contributed by atoms with Crippen LogP contribution >= 0.6 is 16.0 Å². The molecule has 0 aromatic rings. The fourth-order valence-electron chi connectivity index (χ4n) is 3.59. The number of allylic oxidation sites excluding steroid dienone is 2. The second-order valence-electron chi connectivity index (χ2n) is 7.52. The predicted molar refractivity (Wildman–Crippen MR) is 106 cm³/mol. The van der Waals surface area contributed by atoms with Crippen LogP contribution in [0.15, 0.2) is 23.9 Å². The van der Waals surface area contributed by atoms with Crippen molar-refractivity contribution in [1.29, 1.82) is 0 Å². The van der Waals surface area contributed by atoms with Gasteiger partial charge in [0.25, 0.3) is 0 Å². The van der Waals surface area contributed by atoms with Crippen LogP contribution in [0.4, 0.5) is 0 Å². The van der Waals surface area contributed by atoms with Gasteiger partial charge in [0.2, 0.25) is 0 Å². The SMILES string of the molecule is CC(C)P(NC1=CC=CC(N)(P(C(C)C)C(C)C)C1)C(C)C. The maximum atomic E-state index is 6.89. The lowest BCUT2D eigenvalue weighted by atomic mass is 10.1. The average molecular weight is 342 g/mol. The number of nitrogens with two attached hydrogens (primary N) is 1. The summed E-state index contributed by atoms with van der Waals surface area (Å²) in [6.45, 7) is 18.6. The smallest absolute Gasteiger partial charge is 0.0601 e. The Balaban J connectivity index is 2.92. The Morgan fingerprint density at radius 1 is 0.955 bits per heavy atom. The molecule has 0 aromatic carbocycles. The Labute approximate surface area is 141 Å². The van der Waals surface area contributed by atoms with Crippen LogP contribution in [-0.4, -0.2) is 27.9 Å². The molecule has 0 saturated heterocycles. The number of rotatable bonds is 7. The summed E-state index contributed by atoms with van der Waals surface area (Å²) in [6, 6.07) is 0. The largest absolute Gasteiger partial charge is 0.367 e. The topological polar surface area (TPSA) is 38.0 Å². The minimum atomic E-state index is -0.244. The summed E-state index contributed by atoms with van der Waals surface area (Å²) in [5.41, 5.74) is 10.9.